The van der Waals surface area contributed by atoms with Crippen molar-refractivity contribution in [2.75, 3.05) is 19.6 Å². The van der Waals surface area contributed by atoms with Gasteiger partial charge in [-0.2, -0.15) is 0 Å². The number of hydrogen-bond acceptors (Lipinski definition) is 3. The van der Waals surface area contributed by atoms with E-state index in [0.717, 1.165) is 44.9 Å². The number of nitrogens with one attached hydrogen (secondary N) is 2. The van der Waals surface area contributed by atoms with Crippen LogP contribution in [-0.2, 0) is 19.3 Å². The van der Waals surface area contributed by atoms with Crippen LogP contribution in [0.15, 0.2) is 4.99 Å². The minimum atomic E-state index is 0. The Balaban J connectivity index is 0.00000242. The first-order valence-electron chi connectivity index (χ1n) is 8.33. The van der Waals surface area contributed by atoms with Gasteiger partial charge in [-0.05, 0) is 45.4 Å². The highest BCUT2D eigenvalue weighted by atomic mass is 127. The summed E-state index contributed by atoms with van der Waals surface area (Å²) in [5, 5.41) is 8.00. The number of nitrogens with zero attached hydrogens (tertiary/aromatic N) is 2. The lowest BCUT2D eigenvalue weighted by Gasteiger charge is -2.10. The number of halogens is 1. The topological polar surface area (TPSA) is 49.3 Å². The highest BCUT2D eigenvalue weighted by Crippen LogP contribution is 2.27. The van der Waals surface area contributed by atoms with E-state index in [1.54, 1.807) is 4.88 Å². The molecule has 0 amide bonds. The van der Waals surface area contributed by atoms with Gasteiger partial charge in [0, 0.05) is 30.9 Å². The highest BCUT2D eigenvalue weighted by molar-refractivity contribution is 14.0. The van der Waals surface area contributed by atoms with Gasteiger partial charge < -0.3 is 10.6 Å². The summed E-state index contributed by atoms with van der Waals surface area (Å²) in [5.41, 5.74) is 1.38. The van der Waals surface area contributed by atoms with Crippen LogP contribution in [0, 0.1) is 0 Å². The lowest BCUT2D eigenvalue weighted by molar-refractivity contribution is 0.678. The molecule has 1 aromatic heterocycles. The monoisotopic (exact) mass is 436 g/mol. The maximum absolute atomic E-state index is 4.80. The lowest BCUT2D eigenvalue weighted by atomic mass is 10.0. The second kappa shape index (κ2) is 11.2. The minimum absolute atomic E-state index is 0. The summed E-state index contributed by atoms with van der Waals surface area (Å²) >= 11 is 1.93. The van der Waals surface area contributed by atoms with Crippen molar-refractivity contribution in [3.8, 4) is 0 Å². The summed E-state index contributed by atoms with van der Waals surface area (Å²) in [6.07, 6.45) is 8.38. The third-order valence-electron chi connectivity index (χ3n) is 3.59. The van der Waals surface area contributed by atoms with E-state index in [9.17, 15) is 0 Å². The van der Waals surface area contributed by atoms with Crippen LogP contribution in [0.25, 0.3) is 0 Å². The van der Waals surface area contributed by atoms with E-state index in [0.29, 0.717) is 0 Å². The Morgan fingerprint density at radius 1 is 1.23 bits per heavy atom. The third kappa shape index (κ3) is 6.40. The molecule has 1 aliphatic rings. The molecule has 0 spiro atoms. The Bertz CT molecular complexity index is 435. The minimum Gasteiger partial charge on any atom is -0.357 e. The SMILES string of the molecule is CCCN=C(NCC)NCCCc1nc2c(s1)CCCC2.I. The summed E-state index contributed by atoms with van der Waals surface area (Å²) in [4.78, 5) is 10.9. The Hall–Kier alpha value is -0.370. The molecule has 1 heterocycles. The molecule has 0 saturated heterocycles. The number of aryl methyl sites for hydroxylation is 3. The quantitative estimate of drug-likeness (QED) is 0.298. The van der Waals surface area contributed by atoms with Gasteiger partial charge in [0.25, 0.3) is 0 Å². The van der Waals surface area contributed by atoms with E-state index < -0.39 is 0 Å². The van der Waals surface area contributed by atoms with Crippen LogP contribution in [0.3, 0.4) is 0 Å². The largest absolute Gasteiger partial charge is 0.357 e. The van der Waals surface area contributed by atoms with Crippen molar-refractivity contribution in [2.45, 2.75) is 58.8 Å². The molecule has 6 heteroatoms. The second-order valence-corrected chi connectivity index (χ2v) is 6.64. The van der Waals surface area contributed by atoms with Crippen LogP contribution < -0.4 is 10.6 Å². The molecule has 126 valence electrons. The van der Waals surface area contributed by atoms with Crippen molar-refractivity contribution >= 4 is 41.3 Å². The van der Waals surface area contributed by atoms with Gasteiger partial charge in [0.05, 0.1) is 10.7 Å². The third-order valence-corrected chi connectivity index (χ3v) is 4.80. The Morgan fingerprint density at radius 2 is 2.05 bits per heavy atom. The molecule has 2 rings (SSSR count). The number of fused-ring (bicyclic) bond motifs is 1. The van der Waals surface area contributed by atoms with E-state index in [-0.39, 0.29) is 24.0 Å². The average molecular weight is 436 g/mol. The molecule has 1 aromatic rings. The van der Waals surface area contributed by atoms with Gasteiger partial charge in [-0.15, -0.1) is 35.3 Å². The van der Waals surface area contributed by atoms with E-state index in [1.807, 2.05) is 11.3 Å². The fourth-order valence-electron chi connectivity index (χ4n) is 2.52. The summed E-state index contributed by atoms with van der Waals surface area (Å²) in [7, 11) is 0. The normalized spacial score (nSPS) is 14.2. The standard InChI is InChI=1S/C16H28N4S.HI/c1-3-11-18-16(17-4-2)19-12-7-10-15-20-13-8-5-6-9-14(13)21-15;/h3-12H2,1-2H3,(H2,17,18,19);1H. The van der Waals surface area contributed by atoms with Crippen LogP contribution in [0.5, 0.6) is 0 Å². The van der Waals surface area contributed by atoms with Crippen molar-refractivity contribution in [2.24, 2.45) is 4.99 Å². The predicted octanol–water partition coefficient (Wildman–Crippen LogP) is 3.54. The molecular weight excluding hydrogens is 407 g/mol. The molecule has 0 atom stereocenters. The van der Waals surface area contributed by atoms with Crippen molar-refractivity contribution in [3.05, 3.63) is 15.6 Å². The zero-order valence-electron chi connectivity index (χ0n) is 13.8. The summed E-state index contributed by atoms with van der Waals surface area (Å²) in [6, 6.07) is 0. The Labute approximate surface area is 155 Å². The van der Waals surface area contributed by atoms with E-state index in [2.05, 4.69) is 29.5 Å². The maximum atomic E-state index is 4.80. The maximum Gasteiger partial charge on any atom is 0.191 e. The number of rotatable bonds is 7. The Kier molecular flexibility index (Phi) is 10.0. The summed E-state index contributed by atoms with van der Waals surface area (Å²) in [5.74, 6) is 0.942. The fraction of sp³-hybridized carbons (Fsp3) is 0.750. The number of hydrogen-bond donors (Lipinski definition) is 2. The van der Waals surface area contributed by atoms with Crippen molar-refractivity contribution in [1.82, 2.24) is 15.6 Å². The van der Waals surface area contributed by atoms with Crippen molar-refractivity contribution in [3.63, 3.8) is 0 Å². The van der Waals surface area contributed by atoms with Gasteiger partial charge >= 0.3 is 0 Å². The molecule has 22 heavy (non-hydrogen) atoms. The molecule has 0 bridgehead atoms. The van der Waals surface area contributed by atoms with Crippen molar-refractivity contribution in [1.29, 1.82) is 0 Å². The Morgan fingerprint density at radius 3 is 2.77 bits per heavy atom. The molecule has 0 aliphatic heterocycles. The van der Waals surface area contributed by atoms with Gasteiger partial charge in [0.1, 0.15) is 0 Å². The molecular formula is C16H29IN4S. The molecule has 0 fully saturated rings. The van der Waals surface area contributed by atoms with Gasteiger partial charge in [-0.1, -0.05) is 6.92 Å². The number of aliphatic imine (C=N–C) groups is 1. The van der Waals surface area contributed by atoms with Gasteiger partial charge in [-0.3, -0.25) is 4.99 Å². The number of aromatic nitrogens is 1. The average Bonchev–Trinajstić information content (AvgIpc) is 2.91. The molecule has 0 saturated carbocycles. The first-order valence-corrected chi connectivity index (χ1v) is 9.14. The molecule has 0 radical (unpaired) electrons. The molecule has 0 unspecified atom stereocenters. The summed E-state index contributed by atoms with van der Waals surface area (Å²) < 4.78 is 0. The van der Waals surface area contributed by atoms with Crippen LogP contribution in [0.1, 0.15) is 55.1 Å². The molecule has 4 nitrogen and oxygen atoms in total. The fourth-order valence-corrected chi connectivity index (χ4v) is 3.72. The lowest BCUT2D eigenvalue weighted by Crippen LogP contribution is -2.38. The zero-order valence-corrected chi connectivity index (χ0v) is 16.9. The molecule has 1 aliphatic carbocycles. The number of thiazole rings is 1. The van der Waals surface area contributed by atoms with Crippen LogP contribution in [-0.4, -0.2) is 30.6 Å². The highest BCUT2D eigenvalue weighted by Gasteiger charge is 2.14. The van der Waals surface area contributed by atoms with Gasteiger partial charge in [0.2, 0.25) is 0 Å². The van der Waals surface area contributed by atoms with Crippen LogP contribution in [0.2, 0.25) is 0 Å². The van der Waals surface area contributed by atoms with E-state index in [4.69, 9.17) is 4.98 Å². The van der Waals surface area contributed by atoms with Crippen LogP contribution in [0.4, 0.5) is 0 Å². The van der Waals surface area contributed by atoms with E-state index in [1.165, 1.54) is 36.4 Å². The number of guanidine groups is 1. The van der Waals surface area contributed by atoms with Gasteiger partial charge in [0.15, 0.2) is 5.96 Å². The smallest absolute Gasteiger partial charge is 0.191 e. The van der Waals surface area contributed by atoms with E-state index >= 15 is 0 Å². The summed E-state index contributed by atoms with van der Waals surface area (Å²) in [6.45, 7) is 7.00. The first kappa shape index (κ1) is 19.7. The zero-order chi connectivity index (χ0) is 14.9. The second-order valence-electron chi connectivity index (χ2n) is 5.48. The molecule has 0 aromatic carbocycles. The first-order chi connectivity index (χ1) is 10.3. The van der Waals surface area contributed by atoms with Gasteiger partial charge in [-0.25, -0.2) is 4.98 Å². The predicted molar refractivity (Wildman–Crippen MR) is 107 cm³/mol. The molecule has 2 N–H and O–H groups in total. The van der Waals surface area contributed by atoms with Crippen LogP contribution >= 0.6 is 35.3 Å². The van der Waals surface area contributed by atoms with Crippen molar-refractivity contribution < 1.29 is 0 Å².